The van der Waals surface area contributed by atoms with Crippen LogP contribution >= 0.6 is 0 Å². The van der Waals surface area contributed by atoms with Crippen molar-refractivity contribution >= 4 is 18.0 Å². The minimum absolute atomic E-state index is 0.0395. The van der Waals surface area contributed by atoms with E-state index in [1.165, 1.54) is 0 Å². The average molecular weight is 300 g/mol. The van der Waals surface area contributed by atoms with Gasteiger partial charge in [0.05, 0.1) is 0 Å². The van der Waals surface area contributed by atoms with Gasteiger partial charge in [-0.2, -0.15) is 0 Å². The molecule has 0 aliphatic heterocycles. The molecule has 1 saturated carbocycles. The van der Waals surface area contributed by atoms with E-state index < -0.39 is 24.0 Å². The topological polar surface area (TPSA) is 116 Å². The summed E-state index contributed by atoms with van der Waals surface area (Å²) in [5.74, 6) is -1.25. The maximum absolute atomic E-state index is 11.9. The monoisotopic (exact) mass is 300 g/mol. The first-order chi connectivity index (χ1) is 9.77. The molecule has 2 amide bonds. The Morgan fingerprint density at radius 1 is 1.10 bits per heavy atom. The molecule has 0 aromatic carbocycles. The third-order valence-electron chi connectivity index (χ3n) is 3.76. The van der Waals surface area contributed by atoms with Gasteiger partial charge < -0.3 is 20.8 Å². The molecular formula is C14H24N2O5. The molecule has 1 fully saturated rings. The van der Waals surface area contributed by atoms with Crippen molar-refractivity contribution in [2.75, 3.05) is 0 Å². The van der Waals surface area contributed by atoms with Gasteiger partial charge in [-0.3, -0.25) is 4.79 Å². The summed E-state index contributed by atoms with van der Waals surface area (Å²) in [6, 6.07) is -1.68. The van der Waals surface area contributed by atoms with Crippen LogP contribution < -0.4 is 10.6 Å². The van der Waals surface area contributed by atoms with E-state index >= 15 is 0 Å². The Hall–Kier alpha value is -1.79. The second-order valence-corrected chi connectivity index (χ2v) is 6.06. The summed E-state index contributed by atoms with van der Waals surface area (Å²) in [6.07, 6.45) is 2.47. The quantitative estimate of drug-likeness (QED) is 0.592. The normalized spacial score (nSPS) is 26.7. The lowest BCUT2D eigenvalue weighted by molar-refractivity contribution is -0.140. The Morgan fingerprint density at radius 3 is 2.14 bits per heavy atom. The summed E-state index contributed by atoms with van der Waals surface area (Å²) in [6.45, 7) is 4.27. The standard InChI is InChI=1S/C14H24N2O5/c1-8-5-9(2)7-10(6-8)15-14(21)16-11(13(19)20)3-4-12(17)18/h8-11H,3-7H2,1-2H3,(H,17,18)(H,19,20)(H2,15,16,21). The Bertz CT molecular complexity index is 389. The first-order valence-electron chi connectivity index (χ1n) is 7.29. The van der Waals surface area contributed by atoms with Crippen LogP contribution in [0.15, 0.2) is 0 Å². The molecule has 1 aliphatic carbocycles. The number of carboxylic acid groups (broad SMARTS) is 2. The van der Waals surface area contributed by atoms with Crippen LogP contribution in [-0.2, 0) is 9.59 Å². The Balaban J connectivity index is 2.46. The van der Waals surface area contributed by atoms with Crippen molar-refractivity contribution in [3.05, 3.63) is 0 Å². The van der Waals surface area contributed by atoms with Gasteiger partial charge in [0.2, 0.25) is 0 Å². The highest BCUT2D eigenvalue weighted by Crippen LogP contribution is 2.28. The van der Waals surface area contributed by atoms with Crippen molar-refractivity contribution in [1.29, 1.82) is 0 Å². The molecule has 0 bridgehead atoms. The Morgan fingerprint density at radius 2 is 1.67 bits per heavy atom. The van der Waals surface area contributed by atoms with Gasteiger partial charge in [0.15, 0.2) is 0 Å². The fourth-order valence-electron chi connectivity index (χ4n) is 2.98. The van der Waals surface area contributed by atoms with E-state index in [-0.39, 0.29) is 18.9 Å². The highest BCUT2D eigenvalue weighted by Gasteiger charge is 2.27. The van der Waals surface area contributed by atoms with Crippen molar-refractivity contribution in [3.8, 4) is 0 Å². The molecule has 3 atom stereocenters. The van der Waals surface area contributed by atoms with E-state index in [0.717, 1.165) is 19.3 Å². The molecule has 0 aromatic heterocycles. The number of hydrogen-bond donors (Lipinski definition) is 4. The van der Waals surface area contributed by atoms with Gasteiger partial charge in [-0.1, -0.05) is 13.8 Å². The lowest BCUT2D eigenvalue weighted by atomic mass is 9.80. The van der Waals surface area contributed by atoms with Crippen molar-refractivity contribution in [3.63, 3.8) is 0 Å². The Labute approximate surface area is 124 Å². The number of nitrogens with one attached hydrogen (secondary N) is 2. The summed E-state index contributed by atoms with van der Waals surface area (Å²) in [7, 11) is 0. The van der Waals surface area contributed by atoms with Gasteiger partial charge in [0.1, 0.15) is 6.04 Å². The number of carbonyl (C=O) groups is 3. The number of carbonyl (C=O) groups excluding carboxylic acids is 1. The molecule has 120 valence electrons. The van der Waals surface area contributed by atoms with Crippen molar-refractivity contribution in [2.24, 2.45) is 11.8 Å². The number of aliphatic carboxylic acids is 2. The molecule has 1 rings (SSSR count). The predicted octanol–water partition coefficient (Wildman–Crippen LogP) is 1.43. The first kappa shape index (κ1) is 17.3. The van der Waals surface area contributed by atoms with Crippen LogP contribution in [-0.4, -0.2) is 40.3 Å². The second kappa shape index (κ2) is 7.85. The van der Waals surface area contributed by atoms with Crippen molar-refractivity contribution in [2.45, 2.75) is 58.0 Å². The third kappa shape index (κ3) is 6.46. The lowest BCUT2D eigenvalue weighted by Gasteiger charge is -2.32. The molecule has 0 radical (unpaired) electrons. The average Bonchev–Trinajstić information content (AvgIpc) is 2.32. The SMILES string of the molecule is CC1CC(C)CC(NC(=O)NC(CCC(=O)O)C(=O)O)C1. The van der Waals surface area contributed by atoms with Crippen LogP contribution in [0, 0.1) is 11.8 Å². The van der Waals surface area contributed by atoms with Crippen LogP contribution in [0.5, 0.6) is 0 Å². The number of amides is 2. The van der Waals surface area contributed by atoms with Crippen LogP contribution in [0.2, 0.25) is 0 Å². The molecule has 4 N–H and O–H groups in total. The number of hydrogen-bond acceptors (Lipinski definition) is 3. The van der Waals surface area contributed by atoms with E-state index in [0.29, 0.717) is 11.8 Å². The van der Waals surface area contributed by atoms with Gasteiger partial charge in [-0.15, -0.1) is 0 Å². The summed E-state index contributed by atoms with van der Waals surface area (Å²) < 4.78 is 0. The molecule has 0 heterocycles. The van der Waals surface area contributed by atoms with Crippen LogP contribution in [0.1, 0.15) is 46.0 Å². The van der Waals surface area contributed by atoms with Gasteiger partial charge in [-0.25, -0.2) is 9.59 Å². The number of urea groups is 1. The Kier molecular flexibility index (Phi) is 6.45. The highest BCUT2D eigenvalue weighted by molar-refractivity contribution is 5.83. The largest absolute Gasteiger partial charge is 0.481 e. The summed E-state index contributed by atoms with van der Waals surface area (Å²) in [4.78, 5) is 33.3. The molecule has 3 unspecified atom stereocenters. The van der Waals surface area contributed by atoms with Gasteiger partial charge in [-0.05, 0) is 37.5 Å². The van der Waals surface area contributed by atoms with E-state index in [9.17, 15) is 14.4 Å². The van der Waals surface area contributed by atoms with Crippen LogP contribution in [0.3, 0.4) is 0 Å². The fraction of sp³-hybridized carbons (Fsp3) is 0.786. The highest BCUT2D eigenvalue weighted by atomic mass is 16.4. The number of carboxylic acids is 2. The van der Waals surface area contributed by atoms with Crippen LogP contribution in [0.4, 0.5) is 4.79 Å². The molecule has 21 heavy (non-hydrogen) atoms. The minimum atomic E-state index is -1.23. The van der Waals surface area contributed by atoms with E-state index in [4.69, 9.17) is 10.2 Å². The molecule has 7 nitrogen and oxygen atoms in total. The fourth-order valence-corrected chi connectivity index (χ4v) is 2.98. The summed E-state index contributed by atoms with van der Waals surface area (Å²) in [5.41, 5.74) is 0. The maximum Gasteiger partial charge on any atom is 0.326 e. The third-order valence-corrected chi connectivity index (χ3v) is 3.76. The molecule has 0 aromatic rings. The van der Waals surface area contributed by atoms with Crippen LogP contribution in [0.25, 0.3) is 0 Å². The first-order valence-corrected chi connectivity index (χ1v) is 7.29. The van der Waals surface area contributed by atoms with Crippen molar-refractivity contribution in [1.82, 2.24) is 10.6 Å². The smallest absolute Gasteiger partial charge is 0.326 e. The van der Waals surface area contributed by atoms with E-state index in [1.807, 2.05) is 0 Å². The number of rotatable bonds is 6. The molecular weight excluding hydrogens is 276 g/mol. The zero-order valence-electron chi connectivity index (χ0n) is 12.5. The lowest BCUT2D eigenvalue weighted by Crippen LogP contribution is -2.50. The van der Waals surface area contributed by atoms with E-state index in [2.05, 4.69) is 24.5 Å². The van der Waals surface area contributed by atoms with Gasteiger partial charge in [0, 0.05) is 12.5 Å². The minimum Gasteiger partial charge on any atom is -0.481 e. The molecule has 7 heteroatoms. The molecule has 1 aliphatic rings. The van der Waals surface area contributed by atoms with Gasteiger partial charge >= 0.3 is 18.0 Å². The van der Waals surface area contributed by atoms with Gasteiger partial charge in [0.25, 0.3) is 0 Å². The predicted molar refractivity (Wildman–Crippen MR) is 75.9 cm³/mol. The van der Waals surface area contributed by atoms with Crippen molar-refractivity contribution < 1.29 is 24.6 Å². The maximum atomic E-state index is 11.9. The molecule has 0 spiro atoms. The summed E-state index contributed by atoms with van der Waals surface area (Å²) in [5, 5.41) is 22.7. The zero-order chi connectivity index (χ0) is 16.0. The van der Waals surface area contributed by atoms with E-state index in [1.54, 1.807) is 0 Å². The second-order valence-electron chi connectivity index (χ2n) is 6.06. The molecule has 0 saturated heterocycles. The zero-order valence-corrected chi connectivity index (χ0v) is 12.5. The summed E-state index contributed by atoms with van der Waals surface area (Å²) >= 11 is 0.